The van der Waals surface area contributed by atoms with Gasteiger partial charge in [0.2, 0.25) is 0 Å². The van der Waals surface area contributed by atoms with Gasteiger partial charge in [-0.3, -0.25) is 19.5 Å². The number of nitrogens with zero attached hydrogens (tertiary/aromatic N) is 2. The molecule has 2 aromatic rings. The zero-order valence-electron chi connectivity index (χ0n) is 15.3. The highest BCUT2D eigenvalue weighted by atomic mass is 19.1. The number of nitrogens with one attached hydrogen (secondary N) is 2. The van der Waals surface area contributed by atoms with E-state index in [1.807, 2.05) is 18.2 Å². The molecule has 28 heavy (non-hydrogen) atoms. The lowest BCUT2D eigenvalue weighted by molar-refractivity contribution is -0.136. The third-order valence-electron chi connectivity index (χ3n) is 4.75. The molecule has 0 bridgehead atoms. The van der Waals surface area contributed by atoms with Crippen LogP contribution in [0.15, 0.2) is 42.6 Å². The smallest absolute Gasteiger partial charge is 0.313 e. The van der Waals surface area contributed by atoms with Crippen molar-refractivity contribution in [3.8, 4) is 0 Å². The number of likely N-dealkylation sites (tertiary alicyclic amines) is 1. The van der Waals surface area contributed by atoms with Gasteiger partial charge < -0.3 is 10.6 Å². The molecule has 1 fully saturated rings. The van der Waals surface area contributed by atoms with Gasteiger partial charge in [-0.1, -0.05) is 6.07 Å². The number of benzene rings is 1. The van der Waals surface area contributed by atoms with Crippen molar-refractivity contribution >= 4 is 17.5 Å². The molecule has 2 N–H and O–H groups in total. The summed E-state index contributed by atoms with van der Waals surface area (Å²) in [5, 5.41) is 4.66. The van der Waals surface area contributed by atoms with Crippen molar-refractivity contribution in [3.63, 3.8) is 0 Å². The fraction of sp³-hybridized carbons (Fsp3) is 0.350. The van der Waals surface area contributed by atoms with Gasteiger partial charge in [-0.2, -0.15) is 0 Å². The molecule has 148 valence electrons. The van der Waals surface area contributed by atoms with E-state index >= 15 is 0 Å². The summed E-state index contributed by atoms with van der Waals surface area (Å²) < 4.78 is 26.7. The molecule has 1 saturated heterocycles. The lowest BCUT2D eigenvalue weighted by Gasteiger charge is -2.31. The zero-order chi connectivity index (χ0) is 19.9. The summed E-state index contributed by atoms with van der Waals surface area (Å²) >= 11 is 0. The van der Waals surface area contributed by atoms with Crippen molar-refractivity contribution in [2.24, 2.45) is 5.92 Å². The Morgan fingerprint density at radius 3 is 2.61 bits per heavy atom. The number of halogens is 2. The van der Waals surface area contributed by atoms with Crippen LogP contribution in [0.2, 0.25) is 0 Å². The summed E-state index contributed by atoms with van der Waals surface area (Å²) in [6.07, 6.45) is 3.57. The average molecular weight is 388 g/mol. The Morgan fingerprint density at radius 1 is 1.11 bits per heavy atom. The summed E-state index contributed by atoms with van der Waals surface area (Å²) in [4.78, 5) is 30.4. The third-order valence-corrected chi connectivity index (χ3v) is 4.75. The first kappa shape index (κ1) is 19.9. The van der Waals surface area contributed by atoms with Gasteiger partial charge >= 0.3 is 11.8 Å². The maximum absolute atomic E-state index is 13.5. The van der Waals surface area contributed by atoms with Gasteiger partial charge in [-0.25, -0.2) is 8.78 Å². The Balaban J connectivity index is 1.40. The van der Waals surface area contributed by atoms with Crippen LogP contribution >= 0.6 is 0 Å². The van der Waals surface area contributed by atoms with Crippen LogP contribution in [-0.2, 0) is 16.1 Å². The molecule has 0 spiro atoms. The molecule has 3 rings (SSSR count). The number of aromatic nitrogens is 1. The van der Waals surface area contributed by atoms with E-state index in [1.54, 1.807) is 6.20 Å². The first-order chi connectivity index (χ1) is 13.5. The zero-order valence-corrected chi connectivity index (χ0v) is 15.3. The maximum Gasteiger partial charge on any atom is 0.313 e. The molecule has 2 amide bonds. The highest BCUT2D eigenvalue weighted by Gasteiger charge is 2.22. The number of amides is 2. The Labute approximate surface area is 162 Å². The van der Waals surface area contributed by atoms with E-state index in [1.165, 1.54) is 0 Å². The van der Waals surface area contributed by atoms with Crippen LogP contribution in [0.1, 0.15) is 18.5 Å². The van der Waals surface area contributed by atoms with Crippen molar-refractivity contribution in [1.82, 2.24) is 15.2 Å². The van der Waals surface area contributed by atoms with Crippen LogP contribution < -0.4 is 10.6 Å². The molecule has 1 aromatic heterocycles. The van der Waals surface area contributed by atoms with Crippen molar-refractivity contribution in [2.75, 3.05) is 25.0 Å². The van der Waals surface area contributed by atoms with E-state index < -0.39 is 23.4 Å². The van der Waals surface area contributed by atoms with Gasteiger partial charge in [-0.05, 0) is 56.1 Å². The van der Waals surface area contributed by atoms with E-state index in [4.69, 9.17) is 0 Å². The summed E-state index contributed by atoms with van der Waals surface area (Å²) in [5.41, 5.74) is 0.665. The van der Waals surface area contributed by atoms with E-state index in [0.29, 0.717) is 6.54 Å². The van der Waals surface area contributed by atoms with Crippen LogP contribution in [0.4, 0.5) is 14.5 Å². The van der Waals surface area contributed by atoms with Gasteiger partial charge in [0.25, 0.3) is 0 Å². The Kier molecular flexibility index (Phi) is 6.65. The number of carbonyl (C=O) groups is 2. The molecule has 1 aromatic carbocycles. The molecular formula is C20H22F2N4O2. The van der Waals surface area contributed by atoms with E-state index in [9.17, 15) is 18.4 Å². The SMILES string of the molecule is O=C(NCC1CCN(Cc2ccccn2)CC1)C(=O)Nc1cc(F)ccc1F. The van der Waals surface area contributed by atoms with E-state index in [0.717, 1.165) is 56.4 Å². The first-order valence-corrected chi connectivity index (χ1v) is 9.18. The molecule has 0 aliphatic carbocycles. The number of anilines is 1. The normalized spacial score (nSPS) is 15.2. The van der Waals surface area contributed by atoms with Gasteiger partial charge in [0.15, 0.2) is 0 Å². The molecule has 2 heterocycles. The van der Waals surface area contributed by atoms with E-state index in [2.05, 4.69) is 20.5 Å². The molecule has 0 unspecified atom stereocenters. The number of carbonyl (C=O) groups excluding carboxylic acids is 2. The molecular weight excluding hydrogens is 366 g/mol. The van der Waals surface area contributed by atoms with Crippen molar-refractivity contribution < 1.29 is 18.4 Å². The fourth-order valence-electron chi connectivity index (χ4n) is 3.16. The quantitative estimate of drug-likeness (QED) is 0.771. The fourth-order valence-corrected chi connectivity index (χ4v) is 3.16. The molecule has 0 saturated carbocycles. The van der Waals surface area contributed by atoms with Crippen LogP contribution in [0.25, 0.3) is 0 Å². The largest absolute Gasteiger partial charge is 0.348 e. The standard InChI is InChI=1S/C20H22F2N4O2/c21-15-4-5-17(22)18(11-15)25-20(28)19(27)24-12-14-6-9-26(10-7-14)13-16-3-1-2-8-23-16/h1-5,8,11,14H,6-7,9-10,12-13H2,(H,24,27)(H,25,28). The molecule has 0 atom stereocenters. The lowest BCUT2D eigenvalue weighted by Crippen LogP contribution is -2.41. The summed E-state index contributed by atoms with van der Waals surface area (Å²) in [6.45, 7) is 2.94. The third kappa shape index (κ3) is 5.56. The second-order valence-electron chi connectivity index (χ2n) is 6.83. The number of hydrogen-bond acceptors (Lipinski definition) is 4. The second-order valence-corrected chi connectivity index (χ2v) is 6.83. The number of pyridine rings is 1. The monoisotopic (exact) mass is 388 g/mol. The van der Waals surface area contributed by atoms with Crippen molar-refractivity contribution in [1.29, 1.82) is 0 Å². The van der Waals surface area contributed by atoms with Crippen LogP contribution in [0.3, 0.4) is 0 Å². The molecule has 0 radical (unpaired) electrons. The topological polar surface area (TPSA) is 74.3 Å². The van der Waals surface area contributed by atoms with Gasteiger partial charge in [0, 0.05) is 25.4 Å². The summed E-state index contributed by atoms with van der Waals surface area (Å²) in [6, 6.07) is 8.50. The minimum Gasteiger partial charge on any atom is -0.348 e. The second kappa shape index (κ2) is 9.36. The summed E-state index contributed by atoms with van der Waals surface area (Å²) in [7, 11) is 0. The molecule has 1 aliphatic rings. The highest BCUT2D eigenvalue weighted by molar-refractivity contribution is 6.39. The Hall–Kier alpha value is -2.87. The number of rotatable bonds is 5. The van der Waals surface area contributed by atoms with Crippen molar-refractivity contribution in [2.45, 2.75) is 19.4 Å². The minimum atomic E-state index is -1.02. The maximum atomic E-state index is 13.5. The highest BCUT2D eigenvalue weighted by Crippen LogP contribution is 2.18. The van der Waals surface area contributed by atoms with E-state index in [-0.39, 0.29) is 11.6 Å². The Morgan fingerprint density at radius 2 is 1.89 bits per heavy atom. The van der Waals surface area contributed by atoms with Crippen LogP contribution in [-0.4, -0.2) is 41.3 Å². The van der Waals surface area contributed by atoms with Crippen LogP contribution in [0, 0.1) is 17.6 Å². The first-order valence-electron chi connectivity index (χ1n) is 9.18. The van der Waals surface area contributed by atoms with Crippen LogP contribution in [0.5, 0.6) is 0 Å². The predicted molar refractivity (Wildman–Crippen MR) is 100 cm³/mol. The molecule has 1 aliphatic heterocycles. The number of hydrogen-bond donors (Lipinski definition) is 2. The Bertz CT molecular complexity index is 824. The van der Waals surface area contributed by atoms with Crippen molar-refractivity contribution in [3.05, 3.63) is 59.9 Å². The summed E-state index contributed by atoms with van der Waals surface area (Å²) in [5.74, 6) is -3.11. The number of piperidine rings is 1. The predicted octanol–water partition coefficient (Wildman–Crippen LogP) is 2.33. The molecule has 8 heteroatoms. The van der Waals surface area contributed by atoms with Gasteiger partial charge in [0.1, 0.15) is 11.6 Å². The minimum absolute atomic E-state index is 0.266. The molecule has 6 nitrogen and oxygen atoms in total. The lowest BCUT2D eigenvalue weighted by atomic mass is 9.96. The average Bonchev–Trinajstić information content (AvgIpc) is 2.70. The van der Waals surface area contributed by atoms with Gasteiger partial charge in [0.05, 0.1) is 11.4 Å². The van der Waals surface area contributed by atoms with Gasteiger partial charge in [-0.15, -0.1) is 0 Å².